The molecule has 92 valence electrons. The highest BCUT2D eigenvalue weighted by Crippen LogP contribution is 2.21. The number of pyridine rings is 2. The summed E-state index contributed by atoms with van der Waals surface area (Å²) in [6, 6.07) is 13.5. The Labute approximate surface area is 111 Å². The van der Waals surface area contributed by atoms with Crippen molar-refractivity contribution in [3.63, 3.8) is 0 Å². The van der Waals surface area contributed by atoms with E-state index >= 15 is 0 Å². The average molecular weight is 248 g/mol. The maximum atomic E-state index is 4.29. The molecule has 3 heterocycles. The summed E-state index contributed by atoms with van der Waals surface area (Å²) < 4.78 is 0. The van der Waals surface area contributed by atoms with Crippen LogP contribution in [0.2, 0.25) is 0 Å². The monoisotopic (exact) mass is 248 g/mol. The molecule has 3 rings (SSSR count). The second kappa shape index (κ2) is 4.94. The molecule has 4 heteroatoms. The van der Waals surface area contributed by atoms with Crippen molar-refractivity contribution in [3.05, 3.63) is 60.4 Å². The van der Waals surface area contributed by atoms with E-state index in [0.29, 0.717) is 0 Å². The molecule has 0 saturated carbocycles. The fourth-order valence-electron chi connectivity index (χ4n) is 1.88. The Morgan fingerprint density at radius 3 is 2.00 bits per heavy atom. The first-order valence-electron chi connectivity index (χ1n) is 6.02. The van der Waals surface area contributed by atoms with Gasteiger partial charge in [0.2, 0.25) is 0 Å². The Morgan fingerprint density at radius 1 is 0.737 bits per heavy atom. The van der Waals surface area contributed by atoms with Gasteiger partial charge in [-0.25, -0.2) is 0 Å². The zero-order valence-corrected chi connectivity index (χ0v) is 10.5. The minimum absolute atomic E-state index is 0.776. The molecule has 0 amide bonds. The molecular formula is C15H12N4. The molecule has 0 fully saturated rings. The van der Waals surface area contributed by atoms with Crippen LogP contribution in [0.3, 0.4) is 0 Å². The van der Waals surface area contributed by atoms with E-state index in [4.69, 9.17) is 0 Å². The first-order chi connectivity index (χ1) is 9.34. The van der Waals surface area contributed by atoms with Crippen LogP contribution in [0.4, 0.5) is 0 Å². The normalized spacial score (nSPS) is 10.4. The summed E-state index contributed by atoms with van der Waals surface area (Å²) >= 11 is 0. The number of aromatic nitrogens is 4. The zero-order valence-electron chi connectivity index (χ0n) is 10.5. The third kappa shape index (κ3) is 2.33. The first kappa shape index (κ1) is 11.5. The number of aryl methyl sites for hydroxylation is 1. The van der Waals surface area contributed by atoms with Gasteiger partial charge in [0.1, 0.15) is 11.4 Å². The highest BCUT2D eigenvalue weighted by atomic mass is 15.1. The van der Waals surface area contributed by atoms with Crippen LogP contribution in [0.15, 0.2) is 54.9 Å². The smallest absolute Gasteiger partial charge is 0.114 e. The van der Waals surface area contributed by atoms with E-state index in [-0.39, 0.29) is 0 Å². The average Bonchev–Trinajstić information content (AvgIpc) is 2.49. The van der Waals surface area contributed by atoms with Crippen LogP contribution in [0, 0.1) is 6.92 Å². The molecule has 19 heavy (non-hydrogen) atoms. The van der Waals surface area contributed by atoms with Crippen LogP contribution in [-0.4, -0.2) is 20.2 Å². The van der Waals surface area contributed by atoms with Crippen molar-refractivity contribution >= 4 is 0 Å². The molecule has 0 aromatic carbocycles. The molecule has 3 aromatic heterocycles. The summed E-state index contributed by atoms with van der Waals surface area (Å²) in [5.41, 5.74) is 4.28. The second-order valence-corrected chi connectivity index (χ2v) is 4.19. The van der Waals surface area contributed by atoms with Gasteiger partial charge in [0.15, 0.2) is 0 Å². The molecule has 0 atom stereocenters. The van der Waals surface area contributed by atoms with Gasteiger partial charge in [-0.15, -0.1) is 10.2 Å². The van der Waals surface area contributed by atoms with Crippen LogP contribution >= 0.6 is 0 Å². The van der Waals surface area contributed by atoms with Gasteiger partial charge in [0.25, 0.3) is 0 Å². The predicted molar refractivity (Wildman–Crippen MR) is 73.2 cm³/mol. The van der Waals surface area contributed by atoms with Crippen molar-refractivity contribution in [2.45, 2.75) is 6.92 Å². The van der Waals surface area contributed by atoms with Crippen LogP contribution in [0.5, 0.6) is 0 Å². The van der Waals surface area contributed by atoms with Gasteiger partial charge in [0.05, 0.1) is 11.4 Å². The molecule has 3 aromatic rings. The van der Waals surface area contributed by atoms with Gasteiger partial charge >= 0.3 is 0 Å². The maximum Gasteiger partial charge on any atom is 0.114 e. The van der Waals surface area contributed by atoms with Crippen molar-refractivity contribution in [2.75, 3.05) is 0 Å². The fraction of sp³-hybridized carbons (Fsp3) is 0.0667. The highest BCUT2D eigenvalue weighted by Gasteiger charge is 2.08. The van der Waals surface area contributed by atoms with Crippen LogP contribution in [0.1, 0.15) is 5.56 Å². The molecule has 0 N–H and O–H groups in total. The fourth-order valence-corrected chi connectivity index (χ4v) is 1.88. The van der Waals surface area contributed by atoms with E-state index in [0.717, 1.165) is 28.3 Å². The van der Waals surface area contributed by atoms with Crippen molar-refractivity contribution in [1.82, 2.24) is 20.2 Å². The van der Waals surface area contributed by atoms with E-state index in [1.54, 1.807) is 12.4 Å². The molecule has 0 spiro atoms. The van der Waals surface area contributed by atoms with Crippen molar-refractivity contribution < 1.29 is 0 Å². The molecule has 0 unspecified atom stereocenters. The van der Waals surface area contributed by atoms with Gasteiger partial charge in [-0.1, -0.05) is 12.1 Å². The molecule has 0 aliphatic carbocycles. The van der Waals surface area contributed by atoms with E-state index < -0.39 is 0 Å². The van der Waals surface area contributed by atoms with Crippen molar-refractivity contribution in [3.8, 4) is 22.8 Å². The summed E-state index contributed by atoms with van der Waals surface area (Å²) in [5, 5.41) is 8.51. The van der Waals surface area contributed by atoms with Crippen LogP contribution in [-0.2, 0) is 0 Å². The Hall–Kier alpha value is -2.62. The second-order valence-electron chi connectivity index (χ2n) is 4.19. The van der Waals surface area contributed by atoms with E-state index in [2.05, 4.69) is 20.2 Å². The molecule has 0 radical (unpaired) electrons. The summed E-state index contributed by atoms with van der Waals surface area (Å²) in [6.07, 6.45) is 3.50. The Kier molecular flexibility index (Phi) is 2.98. The Morgan fingerprint density at radius 2 is 1.42 bits per heavy atom. The van der Waals surface area contributed by atoms with Gasteiger partial charge in [-0.3, -0.25) is 9.97 Å². The van der Waals surface area contributed by atoms with E-state index in [9.17, 15) is 0 Å². The minimum atomic E-state index is 0.776. The predicted octanol–water partition coefficient (Wildman–Crippen LogP) is 2.91. The molecule has 0 bridgehead atoms. The SMILES string of the molecule is Cc1cc(-c2ccccn2)nnc1-c1ccccn1. The first-order valence-corrected chi connectivity index (χ1v) is 6.02. The molecular weight excluding hydrogens is 236 g/mol. The van der Waals surface area contributed by atoms with Gasteiger partial charge in [-0.2, -0.15) is 0 Å². The third-order valence-electron chi connectivity index (χ3n) is 2.82. The number of nitrogens with zero attached hydrogens (tertiary/aromatic N) is 4. The molecule has 0 aliphatic heterocycles. The quantitative estimate of drug-likeness (QED) is 0.699. The van der Waals surface area contributed by atoms with Gasteiger partial charge in [0, 0.05) is 12.4 Å². The van der Waals surface area contributed by atoms with Gasteiger partial charge < -0.3 is 0 Å². The Balaban J connectivity index is 2.04. The summed E-state index contributed by atoms with van der Waals surface area (Å²) in [4.78, 5) is 8.57. The standard InChI is InChI=1S/C15H12N4/c1-11-10-14(12-6-2-4-8-16-12)18-19-15(11)13-7-3-5-9-17-13/h2-10H,1H3. The Bertz CT molecular complexity index is 681. The van der Waals surface area contributed by atoms with E-state index in [1.807, 2.05) is 49.4 Å². The minimum Gasteiger partial charge on any atom is -0.255 e. The molecule has 0 saturated heterocycles. The summed E-state index contributed by atoms with van der Waals surface area (Å²) in [5.74, 6) is 0. The largest absolute Gasteiger partial charge is 0.255 e. The number of hydrogen-bond acceptors (Lipinski definition) is 4. The molecule has 4 nitrogen and oxygen atoms in total. The topological polar surface area (TPSA) is 51.6 Å². The lowest BCUT2D eigenvalue weighted by atomic mass is 10.1. The lowest BCUT2D eigenvalue weighted by molar-refractivity contribution is 1.01. The third-order valence-corrected chi connectivity index (χ3v) is 2.82. The zero-order chi connectivity index (χ0) is 13.1. The summed E-state index contributed by atoms with van der Waals surface area (Å²) in [6.45, 7) is 2.01. The number of hydrogen-bond donors (Lipinski definition) is 0. The van der Waals surface area contributed by atoms with E-state index in [1.165, 1.54) is 0 Å². The number of rotatable bonds is 2. The highest BCUT2D eigenvalue weighted by molar-refractivity contribution is 5.62. The van der Waals surface area contributed by atoms with Crippen LogP contribution < -0.4 is 0 Å². The lowest BCUT2D eigenvalue weighted by Crippen LogP contribution is -1.96. The van der Waals surface area contributed by atoms with Crippen molar-refractivity contribution in [1.29, 1.82) is 0 Å². The van der Waals surface area contributed by atoms with Gasteiger partial charge in [-0.05, 0) is 42.8 Å². The molecule has 0 aliphatic rings. The summed E-state index contributed by atoms with van der Waals surface area (Å²) in [7, 11) is 0. The lowest BCUT2D eigenvalue weighted by Gasteiger charge is -2.05. The maximum absolute atomic E-state index is 4.29. The van der Waals surface area contributed by atoms with Crippen molar-refractivity contribution in [2.24, 2.45) is 0 Å². The van der Waals surface area contributed by atoms with Crippen LogP contribution in [0.25, 0.3) is 22.8 Å².